The number of rotatable bonds is 2. The molecule has 0 aliphatic rings. The van der Waals surface area contributed by atoms with E-state index < -0.39 is 11.8 Å². The van der Waals surface area contributed by atoms with Crippen LogP contribution in [0, 0.1) is 5.82 Å². The molecule has 0 fully saturated rings. The van der Waals surface area contributed by atoms with Crippen molar-refractivity contribution < 1.29 is 14.3 Å². The van der Waals surface area contributed by atoms with Gasteiger partial charge in [0, 0.05) is 23.5 Å². The summed E-state index contributed by atoms with van der Waals surface area (Å²) in [5, 5.41) is 10.7. The highest BCUT2D eigenvalue weighted by Gasteiger charge is 2.14. The van der Waals surface area contributed by atoms with Crippen LogP contribution in [0.3, 0.4) is 0 Å². The van der Waals surface area contributed by atoms with E-state index in [9.17, 15) is 9.18 Å². The molecule has 0 saturated carbocycles. The number of aromatic nitrogens is 1. The zero-order chi connectivity index (χ0) is 15.0. The van der Waals surface area contributed by atoms with Crippen molar-refractivity contribution in [1.82, 2.24) is 4.98 Å². The number of carboxylic acids is 1. The summed E-state index contributed by atoms with van der Waals surface area (Å²) in [4.78, 5) is 15.0. The van der Waals surface area contributed by atoms with Gasteiger partial charge in [-0.05, 0) is 35.0 Å². The van der Waals surface area contributed by atoms with Crippen LogP contribution in [0.4, 0.5) is 4.39 Å². The molecule has 5 heteroatoms. The van der Waals surface area contributed by atoms with Crippen molar-refractivity contribution in [3.63, 3.8) is 0 Å². The molecule has 0 saturated heterocycles. The zero-order valence-electron chi connectivity index (χ0n) is 10.7. The molecule has 3 rings (SSSR count). The number of carbonyl (C=O) groups is 1. The Morgan fingerprint density at radius 2 is 1.95 bits per heavy atom. The van der Waals surface area contributed by atoms with Gasteiger partial charge in [0.25, 0.3) is 0 Å². The van der Waals surface area contributed by atoms with Gasteiger partial charge in [-0.2, -0.15) is 0 Å². The molecule has 0 aliphatic carbocycles. The molecule has 0 aliphatic heterocycles. The highest BCUT2D eigenvalue weighted by atomic mass is 35.5. The maximum atomic E-state index is 14.3. The van der Waals surface area contributed by atoms with Crippen LogP contribution in [-0.4, -0.2) is 16.1 Å². The van der Waals surface area contributed by atoms with Crippen molar-refractivity contribution in [3.8, 4) is 11.1 Å². The lowest BCUT2D eigenvalue weighted by Gasteiger charge is -2.10. The summed E-state index contributed by atoms with van der Waals surface area (Å²) in [6.07, 6.45) is 2.94. The second-order valence-corrected chi connectivity index (χ2v) is 4.93. The van der Waals surface area contributed by atoms with Crippen molar-refractivity contribution >= 4 is 28.3 Å². The first-order valence-corrected chi connectivity index (χ1v) is 6.51. The van der Waals surface area contributed by atoms with Crippen molar-refractivity contribution in [1.29, 1.82) is 0 Å². The van der Waals surface area contributed by atoms with Crippen LogP contribution in [0.5, 0.6) is 0 Å². The fourth-order valence-electron chi connectivity index (χ4n) is 2.28. The van der Waals surface area contributed by atoms with E-state index in [0.717, 1.165) is 5.39 Å². The van der Waals surface area contributed by atoms with E-state index >= 15 is 0 Å². The normalized spacial score (nSPS) is 10.8. The number of aromatic carboxylic acids is 1. The minimum Gasteiger partial charge on any atom is -0.478 e. The van der Waals surface area contributed by atoms with Crippen molar-refractivity contribution in [3.05, 3.63) is 65.2 Å². The predicted molar refractivity (Wildman–Crippen MR) is 79.1 cm³/mol. The Hall–Kier alpha value is -2.46. The largest absolute Gasteiger partial charge is 0.478 e. The van der Waals surface area contributed by atoms with Crippen LogP contribution < -0.4 is 0 Å². The molecule has 0 amide bonds. The fourth-order valence-corrected chi connectivity index (χ4v) is 2.49. The first kappa shape index (κ1) is 13.5. The monoisotopic (exact) mass is 301 g/mol. The predicted octanol–water partition coefficient (Wildman–Crippen LogP) is 4.39. The third-order valence-electron chi connectivity index (χ3n) is 3.26. The molecule has 0 bridgehead atoms. The lowest BCUT2D eigenvalue weighted by Crippen LogP contribution is -1.97. The van der Waals surface area contributed by atoms with Gasteiger partial charge in [-0.15, -0.1) is 0 Å². The quantitative estimate of drug-likeness (QED) is 0.763. The second kappa shape index (κ2) is 5.14. The summed E-state index contributed by atoms with van der Waals surface area (Å²) in [5.74, 6) is -1.52. The van der Waals surface area contributed by atoms with Crippen LogP contribution in [-0.2, 0) is 0 Å². The molecule has 3 nitrogen and oxygen atoms in total. The number of pyridine rings is 1. The van der Waals surface area contributed by atoms with Crippen LogP contribution in [0.15, 0.2) is 48.8 Å². The van der Waals surface area contributed by atoms with Gasteiger partial charge in [0.05, 0.1) is 10.6 Å². The number of hydrogen-bond acceptors (Lipinski definition) is 2. The summed E-state index contributed by atoms with van der Waals surface area (Å²) in [6.45, 7) is 0. The van der Waals surface area contributed by atoms with Gasteiger partial charge in [-0.25, -0.2) is 9.18 Å². The van der Waals surface area contributed by atoms with Gasteiger partial charge in [0.15, 0.2) is 0 Å². The number of carboxylic acid groups (broad SMARTS) is 1. The maximum Gasteiger partial charge on any atom is 0.335 e. The van der Waals surface area contributed by atoms with Gasteiger partial charge in [-0.3, -0.25) is 4.98 Å². The molecule has 21 heavy (non-hydrogen) atoms. The first-order chi connectivity index (χ1) is 10.1. The van der Waals surface area contributed by atoms with E-state index in [0.29, 0.717) is 16.0 Å². The van der Waals surface area contributed by atoms with Gasteiger partial charge >= 0.3 is 5.97 Å². The highest BCUT2D eigenvalue weighted by molar-refractivity contribution is 6.33. The minimum absolute atomic E-state index is 0.0968. The molecule has 0 spiro atoms. The standard InChI is InChI=1S/C16H9ClFNO2/c17-13-8-19-6-5-11(13)15-12-7-10(16(20)21)2-1-9(12)3-4-14(15)18/h1-8H,(H,20,21). The Bertz CT molecular complexity index is 864. The number of benzene rings is 2. The number of halogens is 2. The molecule has 1 N–H and O–H groups in total. The smallest absolute Gasteiger partial charge is 0.335 e. The fraction of sp³-hybridized carbons (Fsp3) is 0. The molecule has 0 atom stereocenters. The zero-order valence-corrected chi connectivity index (χ0v) is 11.4. The third kappa shape index (κ3) is 2.34. The molecule has 1 heterocycles. The lowest BCUT2D eigenvalue weighted by atomic mass is 9.96. The summed E-state index contributed by atoms with van der Waals surface area (Å²) in [7, 11) is 0. The Balaban J connectivity index is 2.40. The first-order valence-electron chi connectivity index (χ1n) is 6.13. The van der Waals surface area contributed by atoms with Gasteiger partial charge < -0.3 is 5.11 Å². The van der Waals surface area contributed by atoms with Crippen molar-refractivity contribution in [2.75, 3.05) is 0 Å². The van der Waals surface area contributed by atoms with E-state index in [1.165, 1.54) is 30.6 Å². The Kier molecular flexibility index (Phi) is 3.31. The molecule has 2 aromatic carbocycles. The second-order valence-electron chi connectivity index (χ2n) is 4.52. The van der Waals surface area contributed by atoms with E-state index in [-0.39, 0.29) is 11.1 Å². The van der Waals surface area contributed by atoms with Crippen molar-refractivity contribution in [2.45, 2.75) is 0 Å². The van der Waals surface area contributed by atoms with E-state index in [2.05, 4.69) is 4.98 Å². The molecule has 104 valence electrons. The Morgan fingerprint density at radius 1 is 1.19 bits per heavy atom. The summed E-state index contributed by atoms with van der Waals surface area (Å²) in [6, 6.07) is 9.14. The number of nitrogens with zero attached hydrogens (tertiary/aromatic N) is 1. The number of fused-ring (bicyclic) bond motifs is 1. The SMILES string of the molecule is O=C(O)c1ccc2ccc(F)c(-c3ccncc3Cl)c2c1. The van der Waals surface area contributed by atoms with Gasteiger partial charge in [0.1, 0.15) is 5.82 Å². The van der Waals surface area contributed by atoms with E-state index in [1.54, 1.807) is 18.2 Å². The van der Waals surface area contributed by atoms with Crippen LogP contribution in [0.2, 0.25) is 5.02 Å². The molecule has 0 radical (unpaired) electrons. The topological polar surface area (TPSA) is 50.2 Å². The van der Waals surface area contributed by atoms with E-state index in [4.69, 9.17) is 16.7 Å². The molecular formula is C16H9ClFNO2. The van der Waals surface area contributed by atoms with E-state index in [1.807, 2.05) is 0 Å². The van der Waals surface area contributed by atoms with Crippen molar-refractivity contribution in [2.24, 2.45) is 0 Å². The average Bonchev–Trinajstić information content (AvgIpc) is 2.48. The van der Waals surface area contributed by atoms with Crippen LogP contribution >= 0.6 is 11.6 Å². The average molecular weight is 302 g/mol. The Morgan fingerprint density at radius 3 is 2.67 bits per heavy atom. The highest BCUT2D eigenvalue weighted by Crippen LogP contribution is 2.35. The molecular weight excluding hydrogens is 293 g/mol. The van der Waals surface area contributed by atoms with Gasteiger partial charge in [-0.1, -0.05) is 23.7 Å². The third-order valence-corrected chi connectivity index (χ3v) is 3.56. The summed E-state index contributed by atoms with van der Waals surface area (Å²) < 4.78 is 14.3. The van der Waals surface area contributed by atoms with Crippen LogP contribution in [0.1, 0.15) is 10.4 Å². The van der Waals surface area contributed by atoms with Gasteiger partial charge in [0.2, 0.25) is 0 Å². The molecule has 0 unspecified atom stereocenters. The Labute approximate surface area is 124 Å². The minimum atomic E-state index is -1.06. The molecule has 1 aromatic heterocycles. The summed E-state index contributed by atoms with van der Waals surface area (Å²) >= 11 is 6.09. The number of hydrogen-bond donors (Lipinski definition) is 1. The maximum absolute atomic E-state index is 14.3. The van der Waals surface area contributed by atoms with Crippen LogP contribution in [0.25, 0.3) is 21.9 Å². The lowest BCUT2D eigenvalue weighted by molar-refractivity contribution is 0.0697. The summed E-state index contributed by atoms with van der Waals surface area (Å²) in [5.41, 5.74) is 0.861. The molecule has 3 aromatic rings.